The molecule has 0 bridgehead atoms. The van der Waals surface area contributed by atoms with Crippen LogP contribution in [0, 0.1) is 0 Å². The zero-order chi connectivity index (χ0) is 15.1. The van der Waals surface area contributed by atoms with Gasteiger partial charge in [0.25, 0.3) is 0 Å². The van der Waals surface area contributed by atoms with Crippen LogP contribution in [-0.2, 0) is 9.53 Å². The summed E-state index contributed by atoms with van der Waals surface area (Å²) in [7, 11) is 0. The molecule has 0 spiro atoms. The molecule has 0 saturated carbocycles. The Bertz CT molecular complexity index is 450. The molecule has 1 aliphatic heterocycles. The van der Waals surface area contributed by atoms with E-state index in [2.05, 4.69) is 29.7 Å². The van der Waals surface area contributed by atoms with E-state index in [-0.39, 0.29) is 5.91 Å². The van der Waals surface area contributed by atoms with E-state index in [0.717, 1.165) is 38.3 Å². The van der Waals surface area contributed by atoms with Crippen LogP contribution in [0.4, 0.5) is 5.69 Å². The predicted octanol–water partition coefficient (Wildman–Crippen LogP) is 2.89. The summed E-state index contributed by atoms with van der Waals surface area (Å²) >= 11 is 1.85. The quantitative estimate of drug-likeness (QED) is 0.848. The van der Waals surface area contributed by atoms with Gasteiger partial charge in [-0.1, -0.05) is 6.92 Å². The summed E-state index contributed by atoms with van der Waals surface area (Å²) in [5, 5.41) is 6.85. The summed E-state index contributed by atoms with van der Waals surface area (Å²) in [6.07, 6.45) is 2.22. The number of thioether (sulfide) groups is 1. The van der Waals surface area contributed by atoms with Gasteiger partial charge in [0.05, 0.1) is 6.61 Å². The molecule has 1 aromatic rings. The fourth-order valence-electron chi connectivity index (χ4n) is 2.39. The second kappa shape index (κ2) is 8.41. The van der Waals surface area contributed by atoms with Gasteiger partial charge in [-0.15, -0.1) is 11.8 Å². The van der Waals surface area contributed by atoms with Crippen molar-refractivity contribution in [1.29, 1.82) is 0 Å². The zero-order valence-corrected chi connectivity index (χ0v) is 13.5. The molecular formula is C16H24N2O2S. The topological polar surface area (TPSA) is 50.4 Å². The van der Waals surface area contributed by atoms with E-state index in [9.17, 15) is 4.79 Å². The van der Waals surface area contributed by atoms with E-state index in [0.29, 0.717) is 11.3 Å². The maximum absolute atomic E-state index is 11.0. The first kappa shape index (κ1) is 16.3. The van der Waals surface area contributed by atoms with Crippen LogP contribution in [0.3, 0.4) is 0 Å². The van der Waals surface area contributed by atoms with E-state index >= 15 is 0 Å². The molecule has 2 rings (SSSR count). The van der Waals surface area contributed by atoms with Crippen molar-refractivity contribution in [3.63, 3.8) is 0 Å². The Labute approximate surface area is 131 Å². The number of benzene rings is 1. The van der Waals surface area contributed by atoms with Crippen LogP contribution in [0.5, 0.6) is 0 Å². The molecule has 2 unspecified atom stereocenters. The van der Waals surface area contributed by atoms with Crippen LogP contribution in [0.25, 0.3) is 0 Å². The summed E-state index contributed by atoms with van der Waals surface area (Å²) in [5.41, 5.74) is 0.840. The van der Waals surface area contributed by atoms with Crippen LogP contribution in [0.15, 0.2) is 29.2 Å². The largest absolute Gasteiger partial charge is 0.380 e. The zero-order valence-electron chi connectivity index (χ0n) is 12.7. The second-order valence-electron chi connectivity index (χ2n) is 5.29. The molecule has 2 atom stereocenters. The van der Waals surface area contributed by atoms with Crippen molar-refractivity contribution in [2.75, 3.05) is 25.1 Å². The number of carbonyl (C=O) groups excluding carboxylic acids is 1. The molecule has 1 aliphatic rings. The number of anilines is 1. The Morgan fingerprint density at radius 2 is 2.14 bits per heavy atom. The summed E-state index contributed by atoms with van der Waals surface area (Å²) in [6.45, 7) is 6.41. The minimum Gasteiger partial charge on any atom is -0.380 e. The maximum atomic E-state index is 11.0. The highest BCUT2D eigenvalue weighted by atomic mass is 32.2. The minimum absolute atomic E-state index is 0.0417. The molecule has 4 nitrogen and oxygen atoms in total. The highest BCUT2D eigenvalue weighted by Crippen LogP contribution is 2.29. The molecule has 1 aromatic carbocycles. The molecule has 1 fully saturated rings. The smallest absolute Gasteiger partial charge is 0.221 e. The first-order valence-corrected chi connectivity index (χ1v) is 8.42. The lowest BCUT2D eigenvalue weighted by Crippen LogP contribution is -2.45. The first-order chi connectivity index (χ1) is 10.2. The SMILES string of the molecule is CCCNC1CCOCC1Sc1ccc(NC(C)=O)cc1. The molecule has 0 aliphatic carbocycles. The van der Waals surface area contributed by atoms with E-state index in [1.54, 1.807) is 0 Å². The van der Waals surface area contributed by atoms with Crippen molar-refractivity contribution in [3.05, 3.63) is 24.3 Å². The Morgan fingerprint density at radius 1 is 1.38 bits per heavy atom. The molecule has 0 aromatic heterocycles. The van der Waals surface area contributed by atoms with Crippen molar-refractivity contribution in [3.8, 4) is 0 Å². The van der Waals surface area contributed by atoms with Gasteiger partial charge in [-0.2, -0.15) is 0 Å². The van der Waals surface area contributed by atoms with Crippen molar-refractivity contribution in [2.24, 2.45) is 0 Å². The third-order valence-electron chi connectivity index (χ3n) is 3.42. The standard InChI is InChI=1S/C16H24N2O2S/c1-3-9-17-15-8-10-20-11-16(15)21-14-6-4-13(5-7-14)18-12(2)19/h4-7,15-17H,3,8-11H2,1-2H3,(H,18,19). The molecule has 5 heteroatoms. The molecular weight excluding hydrogens is 284 g/mol. The van der Waals surface area contributed by atoms with Crippen molar-refractivity contribution < 1.29 is 9.53 Å². The average Bonchev–Trinajstić information content (AvgIpc) is 2.48. The lowest BCUT2D eigenvalue weighted by Gasteiger charge is -2.32. The number of carbonyl (C=O) groups is 1. The molecule has 116 valence electrons. The Balaban J connectivity index is 1.93. The second-order valence-corrected chi connectivity index (χ2v) is 6.60. The van der Waals surface area contributed by atoms with Gasteiger partial charge < -0.3 is 15.4 Å². The van der Waals surface area contributed by atoms with Gasteiger partial charge in [-0.25, -0.2) is 0 Å². The van der Waals surface area contributed by atoms with Crippen LogP contribution in [0.1, 0.15) is 26.7 Å². The van der Waals surface area contributed by atoms with E-state index in [1.165, 1.54) is 11.8 Å². The number of hydrogen-bond acceptors (Lipinski definition) is 4. The van der Waals surface area contributed by atoms with E-state index in [1.807, 2.05) is 23.9 Å². The summed E-state index contributed by atoms with van der Waals surface area (Å²) in [6, 6.07) is 8.52. The molecule has 0 radical (unpaired) electrons. The highest BCUT2D eigenvalue weighted by Gasteiger charge is 2.25. The number of hydrogen-bond donors (Lipinski definition) is 2. The van der Waals surface area contributed by atoms with Gasteiger partial charge in [-0.05, 0) is 43.7 Å². The molecule has 1 saturated heterocycles. The Kier molecular flexibility index (Phi) is 6.54. The van der Waals surface area contributed by atoms with Crippen LogP contribution < -0.4 is 10.6 Å². The predicted molar refractivity (Wildman–Crippen MR) is 87.9 cm³/mol. The third kappa shape index (κ3) is 5.34. The van der Waals surface area contributed by atoms with Crippen molar-refractivity contribution >= 4 is 23.4 Å². The van der Waals surface area contributed by atoms with Gasteiger partial charge >= 0.3 is 0 Å². The average molecular weight is 308 g/mol. The molecule has 1 heterocycles. The first-order valence-electron chi connectivity index (χ1n) is 7.54. The Morgan fingerprint density at radius 3 is 2.81 bits per heavy atom. The van der Waals surface area contributed by atoms with Crippen molar-refractivity contribution in [1.82, 2.24) is 5.32 Å². The van der Waals surface area contributed by atoms with Gasteiger partial charge in [-0.3, -0.25) is 4.79 Å². The van der Waals surface area contributed by atoms with Crippen LogP contribution in [-0.4, -0.2) is 37.0 Å². The summed E-state index contributed by atoms with van der Waals surface area (Å²) in [4.78, 5) is 12.2. The number of nitrogens with one attached hydrogen (secondary N) is 2. The lowest BCUT2D eigenvalue weighted by atomic mass is 10.1. The van der Waals surface area contributed by atoms with Crippen molar-refractivity contribution in [2.45, 2.75) is 42.9 Å². The lowest BCUT2D eigenvalue weighted by molar-refractivity contribution is -0.114. The number of rotatable bonds is 6. The fraction of sp³-hybridized carbons (Fsp3) is 0.562. The molecule has 2 N–H and O–H groups in total. The fourth-order valence-corrected chi connectivity index (χ4v) is 3.59. The summed E-state index contributed by atoms with van der Waals surface area (Å²) < 4.78 is 5.62. The third-order valence-corrected chi connectivity index (χ3v) is 4.73. The molecule has 21 heavy (non-hydrogen) atoms. The van der Waals surface area contributed by atoms with E-state index < -0.39 is 0 Å². The molecule has 1 amide bonds. The Hall–Kier alpha value is -1.04. The van der Waals surface area contributed by atoms with Gasteiger partial charge in [0.15, 0.2) is 0 Å². The van der Waals surface area contributed by atoms with Crippen LogP contribution in [0.2, 0.25) is 0 Å². The number of ether oxygens (including phenoxy) is 1. The van der Waals surface area contributed by atoms with E-state index in [4.69, 9.17) is 4.74 Å². The minimum atomic E-state index is -0.0417. The normalized spacial score (nSPS) is 22.0. The van der Waals surface area contributed by atoms with Crippen LogP contribution >= 0.6 is 11.8 Å². The number of amides is 1. The van der Waals surface area contributed by atoms with Gasteiger partial charge in [0.1, 0.15) is 0 Å². The van der Waals surface area contributed by atoms with Gasteiger partial charge in [0.2, 0.25) is 5.91 Å². The maximum Gasteiger partial charge on any atom is 0.221 e. The summed E-state index contributed by atoms with van der Waals surface area (Å²) in [5.74, 6) is -0.0417. The highest BCUT2D eigenvalue weighted by molar-refractivity contribution is 8.00. The monoisotopic (exact) mass is 308 g/mol. The van der Waals surface area contributed by atoms with Gasteiger partial charge in [0, 0.05) is 35.4 Å².